The first kappa shape index (κ1) is 15.6. The first-order valence-electron chi connectivity index (χ1n) is 9.09. The highest BCUT2D eigenvalue weighted by Crippen LogP contribution is 2.44. The number of rotatable bonds is 3. The SMILES string of the molecule is CC(C)n1ncc2ccc(NC(=O)[C@@]34CCCC[C@H]3CNC4)cc21. The van der Waals surface area contributed by atoms with E-state index in [2.05, 4.69) is 35.6 Å². The summed E-state index contributed by atoms with van der Waals surface area (Å²) in [4.78, 5) is 13.1. The van der Waals surface area contributed by atoms with Gasteiger partial charge in [0.25, 0.3) is 0 Å². The van der Waals surface area contributed by atoms with E-state index in [1.165, 1.54) is 12.8 Å². The van der Waals surface area contributed by atoms with E-state index in [9.17, 15) is 4.79 Å². The largest absolute Gasteiger partial charge is 0.325 e. The highest BCUT2D eigenvalue weighted by atomic mass is 16.2. The predicted molar refractivity (Wildman–Crippen MR) is 96.0 cm³/mol. The van der Waals surface area contributed by atoms with Gasteiger partial charge in [0, 0.05) is 23.7 Å². The molecule has 5 heteroatoms. The Morgan fingerprint density at radius 2 is 2.29 bits per heavy atom. The molecule has 4 rings (SSSR count). The van der Waals surface area contributed by atoms with Crippen molar-refractivity contribution in [3.05, 3.63) is 24.4 Å². The summed E-state index contributed by atoms with van der Waals surface area (Å²) in [5.41, 5.74) is 1.73. The van der Waals surface area contributed by atoms with Gasteiger partial charge in [0.2, 0.25) is 5.91 Å². The molecule has 2 aromatic rings. The fourth-order valence-corrected chi connectivity index (χ4v) is 4.47. The zero-order chi connectivity index (χ0) is 16.7. The summed E-state index contributed by atoms with van der Waals surface area (Å²) in [5.74, 6) is 0.670. The summed E-state index contributed by atoms with van der Waals surface area (Å²) in [6.45, 7) is 6.03. The average molecular weight is 326 g/mol. The van der Waals surface area contributed by atoms with E-state index in [1.54, 1.807) is 0 Å². The summed E-state index contributed by atoms with van der Waals surface area (Å²) >= 11 is 0. The molecule has 0 spiro atoms. The van der Waals surface area contributed by atoms with Crippen LogP contribution in [0.5, 0.6) is 0 Å². The molecule has 1 aromatic carbocycles. The molecular formula is C19H26N4O. The van der Waals surface area contributed by atoms with Gasteiger partial charge in [-0.05, 0) is 57.4 Å². The Morgan fingerprint density at radius 3 is 3.12 bits per heavy atom. The lowest BCUT2D eigenvalue weighted by Gasteiger charge is -2.37. The monoisotopic (exact) mass is 326 g/mol. The molecule has 1 aliphatic carbocycles. The Morgan fingerprint density at radius 1 is 1.42 bits per heavy atom. The van der Waals surface area contributed by atoms with Crippen LogP contribution in [0.15, 0.2) is 24.4 Å². The van der Waals surface area contributed by atoms with Crippen LogP contribution in [0.1, 0.15) is 45.6 Å². The number of carbonyl (C=O) groups is 1. The third-order valence-electron chi connectivity index (χ3n) is 5.84. The molecule has 1 aromatic heterocycles. The second-order valence-corrected chi connectivity index (χ2v) is 7.64. The number of amides is 1. The number of aromatic nitrogens is 2. The maximum absolute atomic E-state index is 13.1. The van der Waals surface area contributed by atoms with Crippen LogP contribution in [0.3, 0.4) is 0 Å². The number of nitrogens with one attached hydrogen (secondary N) is 2. The van der Waals surface area contributed by atoms with Crippen molar-refractivity contribution in [1.82, 2.24) is 15.1 Å². The van der Waals surface area contributed by atoms with E-state index in [4.69, 9.17) is 0 Å². The average Bonchev–Trinajstić information content (AvgIpc) is 3.19. The summed E-state index contributed by atoms with van der Waals surface area (Å²) in [6, 6.07) is 6.38. The molecule has 0 radical (unpaired) electrons. The normalized spacial score (nSPS) is 26.7. The minimum atomic E-state index is -0.217. The van der Waals surface area contributed by atoms with Gasteiger partial charge in [0.05, 0.1) is 17.1 Å². The van der Waals surface area contributed by atoms with E-state index < -0.39 is 0 Å². The molecule has 1 saturated carbocycles. The van der Waals surface area contributed by atoms with E-state index in [0.717, 1.165) is 42.5 Å². The van der Waals surface area contributed by atoms with Crippen LogP contribution in [-0.2, 0) is 4.79 Å². The van der Waals surface area contributed by atoms with Crippen molar-refractivity contribution in [2.24, 2.45) is 11.3 Å². The van der Waals surface area contributed by atoms with E-state index in [-0.39, 0.29) is 11.3 Å². The quantitative estimate of drug-likeness (QED) is 0.909. The van der Waals surface area contributed by atoms with Crippen LogP contribution in [0, 0.1) is 11.3 Å². The van der Waals surface area contributed by atoms with Gasteiger partial charge in [-0.1, -0.05) is 12.8 Å². The Balaban J connectivity index is 1.61. The van der Waals surface area contributed by atoms with Crippen molar-refractivity contribution in [2.45, 2.75) is 45.6 Å². The van der Waals surface area contributed by atoms with E-state index in [1.807, 2.05) is 23.0 Å². The predicted octanol–water partition coefficient (Wildman–Crippen LogP) is 3.34. The van der Waals surface area contributed by atoms with Crippen molar-refractivity contribution in [1.29, 1.82) is 0 Å². The smallest absolute Gasteiger partial charge is 0.232 e. The minimum absolute atomic E-state index is 0.187. The number of benzene rings is 1. The lowest BCUT2D eigenvalue weighted by molar-refractivity contribution is -0.128. The third kappa shape index (κ3) is 2.42. The van der Waals surface area contributed by atoms with Gasteiger partial charge < -0.3 is 10.6 Å². The lowest BCUT2D eigenvalue weighted by Crippen LogP contribution is -2.44. The number of hydrogen-bond donors (Lipinski definition) is 2. The zero-order valence-electron chi connectivity index (χ0n) is 14.5. The fraction of sp³-hybridized carbons (Fsp3) is 0.579. The molecule has 1 amide bonds. The van der Waals surface area contributed by atoms with Gasteiger partial charge in [-0.2, -0.15) is 5.10 Å². The molecule has 0 bridgehead atoms. The highest BCUT2D eigenvalue weighted by Gasteiger charge is 2.49. The molecule has 128 valence electrons. The lowest BCUT2D eigenvalue weighted by atomic mass is 9.67. The topological polar surface area (TPSA) is 59.0 Å². The van der Waals surface area contributed by atoms with Crippen LogP contribution in [0.25, 0.3) is 10.9 Å². The summed E-state index contributed by atoms with van der Waals surface area (Å²) in [5, 5.41) is 12.2. The van der Waals surface area contributed by atoms with E-state index in [0.29, 0.717) is 12.0 Å². The van der Waals surface area contributed by atoms with Gasteiger partial charge in [0.1, 0.15) is 0 Å². The Kier molecular flexibility index (Phi) is 3.83. The first-order chi connectivity index (χ1) is 11.6. The fourth-order valence-electron chi connectivity index (χ4n) is 4.47. The van der Waals surface area contributed by atoms with Gasteiger partial charge in [0.15, 0.2) is 0 Å². The van der Waals surface area contributed by atoms with Crippen LogP contribution in [0.4, 0.5) is 5.69 Å². The molecule has 2 N–H and O–H groups in total. The van der Waals surface area contributed by atoms with Gasteiger partial charge in [-0.25, -0.2) is 0 Å². The summed E-state index contributed by atoms with van der Waals surface area (Å²) in [7, 11) is 0. The molecule has 2 fully saturated rings. The standard InChI is InChI=1S/C19H26N4O/c1-13(2)23-17-9-16(7-6-14(17)10-21-23)22-18(24)19-8-4-3-5-15(19)11-20-12-19/h6-7,9-10,13,15,20H,3-5,8,11-12H2,1-2H3,(H,22,24)/t15-,19+/m0/s1. The van der Waals surface area contributed by atoms with Crippen LogP contribution in [0.2, 0.25) is 0 Å². The summed E-state index contributed by atoms with van der Waals surface area (Å²) in [6.07, 6.45) is 6.46. The molecular weight excluding hydrogens is 300 g/mol. The second kappa shape index (κ2) is 5.88. The molecule has 0 unspecified atom stereocenters. The Hall–Kier alpha value is -1.88. The molecule has 2 aliphatic rings. The number of fused-ring (bicyclic) bond motifs is 2. The molecule has 1 aliphatic heterocycles. The third-order valence-corrected chi connectivity index (χ3v) is 5.84. The zero-order valence-corrected chi connectivity index (χ0v) is 14.5. The number of nitrogens with zero attached hydrogens (tertiary/aromatic N) is 2. The van der Waals surface area contributed by atoms with Crippen molar-refractivity contribution in [3.8, 4) is 0 Å². The van der Waals surface area contributed by atoms with Crippen LogP contribution in [-0.4, -0.2) is 28.8 Å². The van der Waals surface area contributed by atoms with Gasteiger partial charge in [-0.3, -0.25) is 9.48 Å². The molecule has 1 saturated heterocycles. The van der Waals surface area contributed by atoms with Crippen molar-refractivity contribution >= 4 is 22.5 Å². The molecule has 24 heavy (non-hydrogen) atoms. The van der Waals surface area contributed by atoms with Gasteiger partial charge >= 0.3 is 0 Å². The molecule has 2 atom stereocenters. The maximum atomic E-state index is 13.1. The maximum Gasteiger partial charge on any atom is 0.232 e. The summed E-state index contributed by atoms with van der Waals surface area (Å²) < 4.78 is 2.00. The van der Waals surface area contributed by atoms with Crippen molar-refractivity contribution in [2.75, 3.05) is 18.4 Å². The van der Waals surface area contributed by atoms with Crippen LogP contribution >= 0.6 is 0 Å². The van der Waals surface area contributed by atoms with Crippen molar-refractivity contribution in [3.63, 3.8) is 0 Å². The Bertz CT molecular complexity index is 766. The van der Waals surface area contributed by atoms with Crippen LogP contribution < -0.4 is 10.6 Å². The van der Waals surface area contributed by atoms with Crippen molar-refractivity contribution < 1.29 is 4.79 Å². The van der Waals surface area contributed by atoms with Gasteiger partial charge in [-0.15, -0.1) is 0 Å². The van der Waals surface area contributed by atoms with E-state index >= 15 is 0 Å². The number of hydrogen-bond acceptors (Lipinski definition) is 3. The number of anilines is 1. The highest BCUT2D eigenvalue weighted by molar-refractivity contribution is 5.97. The second-order valence-electron chi connectivity index (χ2n) is 7.64. The number of carbonyl (C=O) groups excluding carboxylic acids is 1. The minimum Gasteiger partial charge on any atom is -0.325 e. The Labute approximate surface area is 142 Å². The molecule has 5 nitrogen and oxygen atoms in total. The first-order valence-corrected chi connectivity index (χ1v) is 9.09. The molecule has 2 heterocycles.